The van der Waals surface area contributed by atoms with Crippen LogP contribution in [0.2, 0.25) is 0 Å². The third kappa shape index (κ3) is 2.94. The topological polar surface area (TPSA) is 83.9 Å². The largest absolute Gasteiger partial charge is 0.481 e. The molecule has 1 aliphatic heterocycles. The predicted octanol–water partition coefficient (Wildman–Crippen LogP) is 0.817. The molecule has 0 spiro atoms. The van der Waals surface area contributed by atoms with E-state index in [-0.39, 0.29) is 24.5 Å². The summed E-state index contributed by atoms with van der Waals surface area (Å²) in [5.41, 5.74) is 0.957. The summed E-state index contributed by atoms with van der Waals surface area (Å²) in [4.78, 5) is 10.9. The first-order valence-corrected chi connectivity index (χ1v) is 7.27. The van der Waals surface area contributed by atoms with E-state index in [2.05, 4.69) is 0 Å². The molecule has 1 atom stereocenters. The summed E-state index contributed by atoms with van der Waals surface area (Å²) in [6, 6.07) is 6.44. The molecule has 1 aliphatic rings. The van der Waals surface area contributed by atoms with Crippen LogP contribution >= 0.6 is 0 Å². The number of carboxylic acids is 1. The maximum Gasteiger partial charge on any atom is 0.307 e. The second kappa shape index (κ2) is 5.28. The van der Waals surface area contributed by atoms with Gasteiger partial charge in [-0.05, 0) is 19.1 Å². The van der Waals surface area contributed by atoms with Crippen molar-refractivity contribution in [2.45, 2.75) is 24.5 Å². The van der Waals surface area contributed by atoms with Crippen LogP contribution in [0.4, 0.5) is 0 Å². The number of ether oxygens (including phenoxy) is 1. The smallest absolute Gasteiger partial charge is 0.307 e. The number of aryl methyl sites for hydroxylation is 1. The van der Waals surface area contributed by atoms with Crippen LogP contribution in [-0.2, 0) is 19.6 Å². The van der Waals surface area contributed by atoms with Crippen molar-refractivity contribution in [1.29, 1.82) is 0 Å². The summed E-state index contributed by atoms with van der Waals surface area (Å²) in [6.07, 6.45) is -1.28. The van der Waals surface area contributed by atoms with E-state index >= 15 is 0 Å². The number of hydrogen-bond donors (Lipinski definition) is 1. The van der Waals surface area contributed by atoms with Crippen LogP contribution < -0.4 is 0 Å². The molecule has 1 heterocycles. The highest BCUT2D eigenvalue weighted by Crippen LogP contribution is 2.24. The van der Waals surface area contributed by atoms with Gasteiger partial charge in [-0.3, -0.25) is 4.79 Å². The molecule has 1 N–H and O–H groups in total. The fourth-order valence-corrected chi connectivity index (χ4v) is 3.45. The summed E-state index contributed by atoms with van der Waals surface area (Å²) < 4.78 is 31.1. The van der Waals surface area contributed by atoms with E-state index in [0.717, 1.165) is 9.87 Å². The Morgan fingerprint density at radius 2 is 2.05 bits per heavy atom. The summed E-state index contributed by atoms with van der Waals surface area (Å²) in [5, 5.41) is 8.76. The van der Waals surface area contributed by atoms with E-state index in [0.29, 0.717) is 0 Å². The Bertz CT molecular complexity index is 566. The fraction of sp³-hybridized carbons (Fsp3) is 0.417. The van der Waals surface area contributed by atoms with Crippen molar-refractivity contribution in [3.8, 4) is 0 Å². The zero-order chi connectivity index (χ0) is 14.0. The molecule has 0 bridgehead atoms. The molecular formula is C12H15NO5S. The van der Waals surface area contributed by atoms with Gasteiger partial charge in [-0.1, -0.05) is 17.7 Å². The van der Waals surface area contributed by atoms with Crippen LogP contribution in [0.25, 0.3) is 0 Å². The number of aliphatic carboxylic acids is 1. The number of nitrogens with zero attached hydrogens (tertiary/aromatic N) is 1. The van der Waals surface area contributed by atoms with E-state index in [1.54, 1.807) is 12.1 Å². The molecule has 6 nitrogen and oxygen atoms in total. The van der Waals surface area contributed by atoms with Gasteiger partial charge in [-0.15, -0.1) is 0 Å². The molecule has 1 unspecified atom stereocenters. The Labute approximate surface area is 111 Å². The molecule has 1 fully saturated rings. The highest BCUT2D eigenvalue weighted by molar-refractivity contribution is 7.89. The van der Waals surface area contributed by atoms with Crippen LogP contribution in [0.15, 0.2) is 29.2 Å². The minimum Gasteiger partial charge on any atom is -0.481 e. The first-order chi connectivity index (χ1) is 8.91. The zero-order valence-corrected chi connectivity index (χ0v) is 11.3. The lowest BCUT2D eigenvalue weighted by Crippen LogP contribution is -2.37. The Hall–Kier alpha value is -1.44. The first-order valence-electron chi connectivity index (χ1n) is 5.83. The molecule has 1 aromatic carbocycles. The second-order valence-electron chi connectivity index (χ2n) is 4.35. The van der Waals surface area contributed by atoms with E-state index in [4.69, 9.17) is 9.84 Å². The Balaban J connectivity index is 2.28. The van der Waals surface area contributed by atoms with Crippen LogP contribution in [0.5, 0.6) is 0 Å². The minimum absolute atomic E-state index is 0.152. The van der Waals surface area contributed by atoms with Gasteiger partial charge in [0.25, 0.3) is 0 Å². The lowest BCUT2D eigenvalue weighted by molar-refractivity contribution is -0.140. The fourth-order valence-electron chi connectivity index (χ4n) is 1.94. The van der Waals surface area contributed by atoms with Crippen molar-refractivity contribution in [2.75, 3.05) is 13.2 Å². The van der Waals surface area contributed by atoms with Crippen molar-refractivity contribution in [3.63, 3.8) is 0 Å². The molecule has 0 aromatic heterocycles. The third-order valence-corrected chi connectivity index (χ3v) is 4.82. The van der Waals surface area contributed by atoms with E-state index in [1.165, 1.54) is 12.1 Å². The lowest BCUT2D eigenvalue weighted by atomic mass is 10.2. The monoisotopic (exact) mass is 285 g/mol. The van der Waals surface area contributed by atoms with Crippen LogP contribution in [0.1, 0.15) is 12.0 Å². The highest BCUT2D eigenvalue weighted by atomic mass is 32.2. The highest BCUT2D eigenvalue weighted by Gasteiger charge is 2.37. The summed E-state index contributed by atoms with van der Waals surface area (Å²) >= 11 is 0. The van der Waals surface area contributed by atoms with Gasteiger partial charge >= 0.3 is 5.97 Å². The quantitative estimate of drug-likeness (QED) is 0.885. The lowest BCUT2D eigenvalue weighted by Gasteiger charge is -2.21. The van der Waals surface area contributed by atoms with Gasteiger partial charge in [0.05, 0.1) is 17.9 Å². The van der Waals surface area contributed by atoms with Crippen molar-refractivity contribution in [3.05, 3.63) is 29.8 Å². The number of carboxylic acid groups (broad SMARTS) is 1. The van der Waals surface area contributed by atoms with Crippen LogP contribution in [0, 0.1) is 6.92 Å². The zero-order valence-electron chi connectivity index (χ0n) is 10.4. The minimum atomic E-state index is -3.71. The summed E-state index contributed by atoms with van der Waals surface area (Å²) in [6.45, 7) is 2.25. The van der Waals surface area contributed by atoms with Gasteiger partial charge in [-0.25, -0.2) is 8.42 Å². The molecule has 1 aromatic rings. The Kier molecular flexibility index (Phi) is 3.88. The Morgan fingerprint density at radius 1 is 1.42 bits per heavy atom. The molecule has 19 heavy (non-hydrogen) atoms. The average molecular weight is 285 g/mol. The van der Waals surface area contributed by atoms with Crippen molar-refractivity contribution in [2.24, 2.45) is 0 Å². The number of hydrogen-bond acceptors (Lipinski definition) is 4. The SMILES string of the molecule is Cc1ccc(S(=O)(=O)N2CCOC2CC(=O)O)cc1. The second-order valence-corrected chi connectivity index (χ2v) is 6.24. The molecule has 7 heteroatoms. The number of carbonyl (C=O) groups is 1. The van der Waals surface area contributed by atoms with Gasteiger partial charge in [0, 0.05) is 6.54 Å². The Morgan fingerprint density at radius 3 is 2.63 bits per heavy atom. The normalized spacial score (nSPS) is 20.6. The molecule has 0 aliphatic carbocycles. The molecule has 1 saturated heterocycles. The number of sulfonamides is 1. The van der Waals surface area contributed by atoms with E-state index in [1.807, 2.05) is 6.92 Å². The molecule has 0 saturated carbocycles. The van der Waals surface area contributed by atoms with Gasteiger partial charge in [0.15, 0.2) is 0 Å². The molecule has 0 radical (unpaired) electrons. The van der Waals surface area contributed by atoms with E-state index < -0.39 is 22.2 Å². The summed E-state index contributed by atoms with van der Waals surface area (Å²) in [5.74, 6) is -1.09. The van der Waals surface area contributed by atoms with Crippen LogP contribution in [0.3, 0.4) is 0 Å². The first kappa shape index (κ1) is 14.0. The van der Waals surface area contributed by atoms with Crippen molar-refractivity contribution in [1.82, 2.24) is 4.31 Å². The van der Waals surface area contributed by atoms with Crippen molar-refractivity contribution >= 4 is 16.0 Å². The van der Waals surface area contributed by atoms with Gasteiger partial charge in [-0.2, -0.15) is 4.31 Å². The maximum atomic E-state index is 12.4. The molecular weight excluding hydrogens is 270 g/mol. The standard InChI is InChI=1S/C12H15NO5S/c1-9-2-4-10(5-3-9)19(16,17)13-6-7-18-11(13)8-12(14)15/h2-5,11H,6-8H2,1H3,(H,14,15). The van der Waals surface area contributed by atoms with Gasteiger partial charge < -0.3 is 9.84 Å². The molecule has 0 amide bonds. The van der Waals surface area contributed by atoms with Gasteiger partial charge in [0.2, 0.25) is 10.0 Å². The van der Waals surface area contributed by atoms with E-state index in [9.17, 15) is 13.2 Å². The number of benzene rings is 1. The maximum absolute atomic E-state index is 12.4. The number of rotatable bonds is 4. The molecule has 104 valence electrons. The van der Waals surface area contributed by atoms with Crippen molar-refractivity contribution < 1.29 is 23.1 Å². The average Bonchev–Trinajstić information content (AvgIpc) is 2.77. The van der Waals surface area contributed by atoms with Gasteiger partial charge in [0.1, 0.15) is 6.23 Å². The van der Waals surface area contributed by atoms with Crippen LogP contribution in [-0.4, -0.2) is 43.2 Å². The third-order valence-electron chi connectivity index (χ3n) is 2.92. The summed E-state index contributed by atoms with van der Waals surface area (Å²) in [7, 11) is -3.71. The predicted molar refractivity (Wildman–Crippen MR) is 67.1 cm³/mol. The molecule has 2 rings (SSSR count).